The molecule has 3 heteroatoms. The van der Waals surface area contributed by atoms with Crippen LogP contribution < -0.4 is 4.90 Å². The Morgan fingerprint density at radius 1 is 1.29 bits per heavy atom. The summed E-state index contributed by atoms with van der Waals surface area (Å²) in [7, 11) is 0. The molecule has 1 fully saturated rings. The minimum absolute atomic E-state index is 0.116. The van der Waals surface area contributed by atoms with E-state index in [-0.39, 0.29) is 11.2 Å². The zero-order valence-electron chi connectivity index (χ0n) is 10.6. The minimum Gasteiger partial charge on any atom is -0.311 e. The number of thioether (sulfide) groups is 1. The second-order valence-electron chi connectivity index (χ2n) is 4.86. The summed E-state index contributed by atoms with van der Waals surface area (Å²) in [5.74, 6) is 1.70. The van der Waals surface area contributed by atoms with E-state index in [1.165, 1.54) is 5.56 Å². The van der Waals surface area contributed by atoms with Crippen molar-refractivity contribution in [2.75, 3.05) is 17.2 Å². The molecule has 1 aromatic carbocycles. The molecule has 0 aliphatic carbocycles. The van der Waals surface area contributed by atoms with Crippen molar-refractivity contribution in [2.45, 2.75) is 26.0 Å². The molecule has 0 N–H and O–H groups in total. The molecule has 1 saturated heterocycles. The summed E-state index contributed by atoms with van der Waals surface area (Å²) in [4.78, 5) is 14.3. The smallest absolute Gasteiger partial charge is 0.240 e. The van der Waals surface area contributed by atoms with Crippen molar-refractivity contribution in [3.05, 3.63) is 29.8 Å². The van der Waals surface area contributed by atoms with Gasteiger partial charge in [0.05, 0.1) is 5.25 Å². The first kappa shape index (κ1) is 12.5. The predicted molar refractivity (Wildman–Crippen MR) is 74.6 cm³/mol. The van der Waals surface area contributed by atoms with E-state index < -0.39 is 0 Å². The maximum absolute atomic E-state index is 12.4. The lowest BCUT2D eigenvalue weighted by molar-refractivity contribution is -0.118. The van der Waals surface area contributed by atoms with Crippen molar-refractivity contribution in [3.8, 4) is 0 Å². The zero-order valence-corrected chi connectivity index (χ0v) is 11.5. The number of nitrogens with zero attached hydrogens (tertiary/aromatic N) is 1. The van der Waals surface area contributed by atoms with Crippen LogP contribution in [0.2, 0.25) is 0 Å². The molecule has 0 spiro atoms. The fourth-order valence-electron chi connectivity index (χ4n) is 2.06. The molecule has 0 radical (unpaired) electrons. The SMILES string of the molecule is Cc1ccc(N2CCSC(C(C)C)C2=O)cc1. The van der Waals surface area contributed by atoms with Crippen molar-refractivity contribution in [3.63, 3.8) is 0 Å². The van der Waals surface area contributed by atoms with Gasteiger partial charge in [0.25, 0.3) is 0 Å². The Hall–Kier alpha value is -0.960. The number of anilines is 1. The summed E-state index contributed by atoms with van der Waals surface area (Å²) in [6.07, 6.45) is 0. The molecular formula is C14H19NOS. The summed E-state index contributed by atoms with van der Waals surface area (Å²) >= 11 is 1.79. The van der Waals surface area contributed by atoms with E-state index >= 15 is 0 Å². The maximum atomic E-state index is 12.4. The number of benzene rings is 1. The van der Waals surface area contributed by atoms with Crippen LogP contribution in [0.15, 0.2) is 24.3 Å². The van der Waals surface area contributed by atoms with Gasteiger partial charge in [-0.2, -0.15) is 0 Å². The molecule has 2 rings (SSSR count). The second kappa shape index (κ2) is 5.13. The quantitative estimate of drug-likeness (QED) is 0.802. The van der Waals surface area contributed by atoms with Crippen LogP contribution in [0.1, 0.15) is 19.4 Å². The highest BCUT2D eigenvalue weighted by atomic mass is 32.2. The molecule has 0 aromatic heterocycles. The zero-order chi connectivity index (χ0) is 12.4. The van der Waals surface area contributed by atoms with Crippen LogP contribution in [0.3, 0.4) is 0 Å². The highest BCUT2D eigenvalue weighted by molar-refractivity contribution is 8.00. The van der Waals surface area contributed by atoms with Crippen molar-refractivity contribution in [1.82, 2.24) is 0 Å². The van der Waals surface area contributed by atoms with Crippen LogP contribution in [0, 0.1) is 12.8 Å². The molecule has 1 aromatic rings. The van der Waals surface area contributed by atoms with Gasteiger partial charge in [0.1, 0.15) is 0 Å². The summed E-state index contributed by atoms with van der Waals surface area (Å²) in [5, 5.41) is 0.116. The molecule has 0 saturated carbocycles. The third-order valence-electron chi connectivity index (χ3n) is 3.07. The Balaban J connectivity index is 2.20. The minimum atomic E-state index is 0.116. The number of amides is 1. The van der Waals surface area contributed by atoms with Gasteiger partial charge in [-0.3, -0.25) is 4.79 Å². The largest absolute Gasteiger partial charge is 0.311 e. The van der Waals surface area contributed by atoms with Crippen LogP contribution in [0.25, 0.3) is 0 Å². The molecule has 17 heavy (non-hydrogen) atoms. The summed E-state index contributed by atoms with van der Waals surface area (Å²) in [5.41, 5.74) is 2.26. The van der Waals surface area contributed by atoms with Gasteiger partial charge in [-0.1, -0.05) is 31.5 Å². The van der Waals surface area contributed by atoms with Crippen LogP contribution >= 0.6 is 11.8 Å². The van der Waals surface area contributed by atoms with Crippen LogP contribution in [0.5, 0.6) is 0 Å². The van der Waals surface area contributed by atoms with E-state index in [0.29, 0.717) is 5.92 Å². The summed E-state index contributed by atoms with van der Waals surface area (Å²) in [6, 6.07) is 8.21. The van der Waals surface area contributed by atoms with Gasteiger partial charge in [0.2, 0.25) is 5.91 Å². The molecular weight excluding hydrogens is 230 g/mol. The molecule has 92 valence electrons. The van der Waals surface area contributed by atoms with E-state index in [9.17, 15) is 4.79 Å². The van der Waals surface area contributed by atoms with E-state index in [1.807, 2.05) is 17.0 Å². The van der Waals surface area contributed by atoms with Gasteiger partial charge in [-0.05, 0) is 25.0 Å². The van der Waals surface area contributed by atoms with E-state index in [0.717, 1.165) is 18.0 Å². The first-order valence-corrected chi connectivity index (χ1v) is 7.14. The average molecular weight is 249 g/mol. The van der Waals surface area contributed by atoms with Gasteiger partial charge in [0.15, 0.2) is 0 Å². The number of rotatable bonds is 2. The average Bonchev–Trinajstić information content (AvgIpc) is 2.30. The van der Waals surface area contributed by atoms with Gasteiger partial charge >= 0.3 is 0 Å². The summed E-state index contributed by atoms with van der Waals surface area (Å²) in [6.45, 7) is 7.13. The van der Waals surface area contributed by atoms with Crippen molar-refractivity contribution >= 4 is 23.4 Å². The lowest BCUT2D eigenvalue weighted by atomic mass is 10.1. The number of hydrogen-bond donors (Lipinski definition) is 0. The Morgan fingerprint density at radius 2 is 1.94 bits per heavy atom. The molecule has 1 aliphatic rings. The number of carbonyl (C=O) groups is 1. The molecule has 1 amide bonds. The third-order valence-corrected chi connectivity index (χ3v) is 4.60. The standard InChI is InChI=1S/C14H19NOS/c1-10(2)13-14(16)15(8-9-17-13)12-6-4-11(3)5-7-12/h4-7,10,13H,8-9H2,1-3H3. The van der Waals surface area contributed by atoms with Gasteiger partial charge < -0.3 is 4.90 Å². The van der Waals surface area contributed by atoms with E-state index in [4.69, 9.17) is 0 Å². The van der Waals surface area contributed by atoms with Crippen LogP contribution in [0.4, 0.5) is 5.69 Å². The highest BCUT2D eigenvalue weighted by Gasteiger charge is 2.32. The monoisotopic (exact) mass is 249 g/mol. The van der Waals surface area contributed by atoms with Gasteiger partial charge in [-0.15, -0.1) is 11.8 Å². The molecule has 2 nitrogen and oxygen atoms in total. The Bertz CT molecular complexity index is 399. The number of hydrogen-bond acceptors (Lipinski definition) is 2. The van der Waals surface area contributed by atoms with E-state index in [1.54, 1.807) is 11.8 Å². The Labute approximate surface area is 107 Å². The van der Waals surface area contributed by atoms with Crippen LogP contribution in [-0.2, 0) is 4.79 Å². The fourth-order valence-corrected chi connectivity index (χ4v) is 3.26. The molecule has 1 unspecified atom stereocenters. The second-order valence-corrected chi connectivity index (χ2v) is 6.11. The third kappa shape index (κ3) is 2.65. The fraction of sp³-hybridized carbons (Fsp3) is 0.500. The molecule has 1 heterocycles. The van der Waals surface area contributed by atoms with E-state index in [2.05, 4.69) is 32.9 Å². The van der Waals surface area contributed by atoms with Gasteiger partial charge in [-0.25, -0.2) is 0 Å². The predicted octanol–water partition coefficient (Wildman–Crippen LogP) is 3.10. The van der Waals surface area contributed by atoms with Crippen molar-refractivity contribution in [2.24, 2.45) is 5.92 Å². The lowest BCUT2D eigenvalue weighted by Gasteiger charge is -2.33. The lowest BCUT2D eigenvalue weighted by Crippen LogP contribution is -2.45. The highest BCUT2D eigenvalue weighted by Crippen LogP contribution is 2.29. The van der Waals surface area contributed by atoms with Gasteiger partial charge in [0, 0.05) is 18.0 Å². The maximum Gasteiger partial charge on any atom is 0.240 e. The summed E-state index contributed by atoms with van der Waals surface area (Å²) < 4.78 is 0. The number of carbonyl (C=O) groups excluding carboxylic acids is 1. The Kier molecular flexibility index (Phi) is 3.77. The molecule has 1 atom stereocenters. The first-order chi connectivity index (χ1) is 8.09. The Morgan fingerprint density at radius 3 is 2.53 bits per heavy atom. The molecule has 0 bridgehead atoms. The molecule has 1 aliphatic heterocycles. The normalized spacial score (nSPS) is 21.1. The van der Waals surface area contributed by atoms with Crippen molar-refractivity contribution in [1.29, 1.82) is 0 Å². The number of aryl methyl sites for hydroxylation is 1. The van der Waals surface area contributed by atoms with Crippen molar-refractivity contribution < 1.29 is 4.79 Å². The van der Waals surface area contributed by atoms with Crippen LogP contribution in [-0.4, -0.2) is 23.5 Å². The first-order valence-electron chi connectivity index (χ1n) is 6.09. The topological polar surface area (TPSA) is 20.3 Å².